The van der Waals surface area contributed by atoms with Crippen LogP contribution in [0, 0.1) is 0 Å². The van der Waals surface area contributed by atoms with Gasteiger partial charge in [-0.3, -0.25) is 24.4 Å². The van der Waals surface area contributed by atoms with E-state index >= 15 is 0 Å². The van der Waals surface area contributed by atoms with Crippen LogP contribution in [0.5, 0.6) is 0 Å². The van der Waals surface area contributed by atoms with Gasteiger partial charge in [0.25, 0.3) is 11.1 Å². The number of nitrogens with one attached hydrogen (secondary N) is 2. The number of benzene rings is 1. The number of carbonyl (C=O) groups excluding carboxylic acids is 1. The monoisotopic (exact) mass is 414 g/mol. The molecule has 30 heavy (non-hydrogen) atoms. The Kier molecular flexibility index (Phi) is 6.34. The maximum atomic E-state index is 12.6. The van der Waals surface area contributed by atoms with Crippen LogP contribution in [0.15, 0.2) is 33.9 Å². The van der Waals surface area contributed by atoms with Gasteiger partial charge in [-0.2, -0.15) is 0 Å². The SMILES string of the molecule is O=C(CCn1[nH]c(=O)c2ccccc2c1=O)NCC1(N2CCOCC2)CCCCC1. The average molecular weight is 415 g/mol. The first-order valence-electron chi connectivity index (χ1n) is 10.9. The molecule has 2 N–H and O–H groups in total. The number of ether oxygens (including phenoxy) is 1. The van der Waals surface area contributed by atoms with E-state index in [2.05, 4.69) is 15.3 Å². The maximum Gasteiger partial charge on any atom is 0.273 e. The summed E-state index contributed by atoms with van der Waals surface area (Å²) in [5.74, 6) is -0.103. The molecule has 2 aromatic rings. The second kappa shape index (κ2) is 9.14. The van der Waals surface area contributed by atoms with Crippen molar-refractivity contribution in [1.82, 2.24) is 20.0 Å². The summed E-state index contributed by atoms with van der Waals surface area (Å²) in [6.45, 7) is 4.07. The fourth-order valence-electron chi connectivity index (χ4n) is 4.82. The highest BCUT2D eigenvalue weighted by Crippen LogP contribution is 2.33. The van der Waals surface area contributed by atoms with E-state index in [-0.39, 0.29) is 35.5 Å². The molecular weight excluding hydrogens is 384 g/mol. The lowest BCUT2D eigenvalue weighted by atomic mass is 9.79. The Morgan fingerprint density at radius 3 is 2.50 bits per heavy atom. The van der Waals surface area contributed by atoms with Crippen LogP contribution in [-0.4, -0.2) is 59.0 Å². The van der Waals surface area contributed by atoms with E-state index in [4.69, 9.17) is 4.74 Å². The van der Waals surface area contributed by atoms with Crippen LogP contribution in [-0.2, 0) is 16.1 Å². The van der Waals surface area contributed by atoms with Crippen molar-refractivity contribution in [3.05, 3.63) is 45.0 Å². The van der Waals surface area contributed by atoms with Gasteiger partial charge in [0.05, 0.1) is 30.5 Å². The molecule has 0 radical (unpaired) electrons. The molecule has 2 heterocycles. The summed E-state index contributed by atoms with van der Waals surface area (Å²) in [5.41, 5.74) is -0.597. The molecule has 0 spiro atoms. The number of aromatic amines is 1. The first-order valence-corrected chi connectivity index (χ1v) is 10.9. The standard InChI is InChI=1S/C22H30N4O4/c27-19(8-11-26-21(29)18-7-3-2-6-17(18)20(28)24-26)23-16-22(9-4-1-5-10-22)25-12-14-30-15-13-25/h2-3,6-7H,1,4-5,8-16H2,(H,23,27)(H,24,28). The number of rotatable bonds is 6. The number of carbonyl (C=O) groups is 1. The molecule has 1 aliphatic heterocycles. The van der Waals surface area contributed by atoms with Gasteiger partial charge >= 0.3 is 0 Å². The highest BCUT2D eigenvalue weighted by Gasteiger charge is 2.38. The molecule has 8 nitrogen and oxygen atoms in total. The third-order valence-corrected chi connectivity index (χ3v) is 6.53. The van der Waals surface area contributed by atoms with Gasteiger partial charge in [-0.15, -0.1) is 0 Å². The summed E-state index contributed by atoms with van der Waals surface area (Å²) in [6, 6.07) is 6.72. The van der Waals surface area contributed by atoms with Crippen molar-refractivity contribution in [2.75, 3.05) is 32.8 Å². The topological polar surface area (TPSA) is 96.4 Å². The Balaban J connectivity index is 1.40. The average Bonchev–Trinajstić information content (AvgIpc) is 2.80. The number of amides is 1. The lowest BCUT2D eigenvalue weighted by Gasteiger charge is -2.48. The van der Waals surface area contributed by atoms with Gasteiger partial charge < -0.3 is 10.1 Å². The smallest absolute Gasteiger partial charge is 0.273 e. The zero-order chi connectivity index (χ0) is 21.0. The van der Waals surface area contributed by atoms with Crippen LogP contribution in [0.2, 0.25) is 0 Å². The largest absolute Gasteiger partial charge is 0.379 e. The Morgan fingerprint density at radius 1 is 1.07 bits per heavy atom. The molecule has 1 amide bonds. The molecule has 1 aliphatic carbocycles. The van der Waals surface area contributed by atoms with Crippen molar-refractivity contribution in [3.63, 3.8) is 0 Å². The Hall–Kier alpha value is -2.45. The number of aromatic nitrogens is 2. The lowest BCUT2D eigenvalue weighted by Crippen LogP contribution is -2.59. The van der Waals surface area contributed by atoms with Crippen molar-refractivity contribution < 1.29 is 9.53 Å². The van der Waals surface area contributed by atoms with E-state index in [0.717, 1.165) is 39.1 Å². The molecule has 162 valence electrons. The number of nitrogens with zero attached hydrogens (tertiary/aromatic N) is 2. The third-order valence-electron chi connectivity index (χ3n) is 6.53. The second-order valence-electron chi connectivity index (χ2n) is 8.35. The molecule has 0 atom stereocenters. The van der Waals surface area contributed by atoms with Crippen LogP contribution < -0.4 is 16.4 Å². The van der Waals surface area contributed by atoms with Crippen molar-refractivity contribution in [1.29, 1.82) is 0 Å². The van der Waals surface area contributed by atoms with Crippen molar-refractivity contribution in [2.45, 2.75) is 50.6 Å². The van der Waals surface area contributed by atoms with Crippen molar-refractivity contribution >= 4 is 16.7 Å². The van der Waals surface area contributed by atoms with Crippen LogP contribution in [0.1, 0.15) is 38.5 Å². The van der Waals surface area contributed by atoms with E-state index in [1.165, 1.54) is 23.9 Å². The first kappa shape index (κ1) is 20.8. The second-order valence-corrected chi connectivity index (χ2v) is 8.35. The van der Waals surface area contributed by atoms with Gasteiger partial charge in [0.15, 0.2) is 0 Å². The highest BCUT2D eigenvalue weighted by atomic mass is 16.5. The zero-order valence-corrected chi connectivity index (χ0v) is 17.3. The Labute approximate surface area is 175 Å². The van der Waals surface area contributed by atoms with Gasteiger partial charge in [-0.25, -0.2) is 4.68 Å². The summed E-state index contributed by atoms with van der Waals surface area (Å²) in [7, 11) is 0. The Bertz CT molecular complexity index is 1000. The summed E-state index contributed by atoms with van der Waals surface area (Å²) < 4.78 is 6.75. The molecule has 1 aromatic carbocycles. The van der Waals surface area contributed by atoms with Gasteiger partial charge in [0, 0.05) is 31.6 Å². The fourth-order valence-corrected chi connectivity index (χ4v) is 4.82. The van der Waals surface area contributed by atoms with Crippen molar-refractivity contribution in [2.24, 2.45) is 0 Å². The molecule has 1 saturated heterocycles. The summed E-state index contributed by atoms with van der Waals surface area (Å²) in [4.78, 5) is 39.9. The number of hydrogen-bond acceptors (Lipinski definition) is 5. The van der Waals surface area contributed by atoms with Gasteiger partial charge in [0.2, 0.25) is 5.91 Å². The van der Waals surface area contributed by atoms with Gasteiger partial charge in [-0.05, 0) is 25.0 Å². The summed E-state index contributed by atoms with van der Waals surface area (Å²) in [5, 5.41) is 6.43. The lowest BCUT2D eigenvalue weighted by molar-refractivity contribution is -0.122. The number of aryl methyl sites for hydroxylation is 1. The number of fused-ring (bicyclic) bond motifs is 1. The minimum absolute atomic E-state index is 0.00574. The first-order chi connectivity index (χ1) is 14.6. The van der Waals surface area contributed by atoms with Crippen LogP contribution in [0.25, 0.3) is 10.8 Å². The molecular formula is C22H30N4O4. The molecule has 8 heteroatoms. The van der Waals surface area contributed by atoms with E-state index in [9.17, 15) is 14.4 Å². The molecule has 4 rings (SSSR count). The molecule has 1 saturated carbocycles. The number of morpholine rings is 1. The van der Waals surface area contributed by atoms with Crippen LogP contribution in [0.4, 0.5) is 0 Å². The predicted molar refractivity (Wildman–Crippen MR) is 115 cm³/mol. The predicted octanol–water partition coefficient (Wildman–Crippen LogP) is 1.23. The molecule has 2 aliphatic rings. The summed E-state index contributed by atoms with van der Waals surface area (Å²) in [6.07, 6.45) is 5.93. The maximum absolute atomic E-state index is 12.6. The van der Waals surface area contributed by atoms with E-state index in [1.54, 1.807) is 24.3 Å². The fraction of sp³-hybridized carbons (Fsp3) is 0.591. The zero-order valence-electron chi connectivity index (χ0n) is 17.3. The van der Waals surface area contributed by atoms with E-state index in [0.29, 0.717) is 17.3 Å². The van der Waals surface area contributed by atoms with Gasteiger partial charge in [-0.1, -0.05) is 31.4 Å². The van der Waals surface area contributed by atoms with Gasteiger partial charge in [0.1, 0.15) is 0 Å². The minimum Gasteiger partial charge on any atom is -0.379 e. The van der Waals surface area contributed by atoms with E-state index in [1.807, 2.05) is 0 Å². The minimum atomic E-state index is -0.320. The van der Waals surface area contributed by atoms with E-state index < -0.39 is 0 Å². The highest BCUT2D eigenvalue weighted by molar-refractivity contribution is 5.80. The molecule has 0 bridgehead atoms. The third kappa shape index (κ3) is 4.34. The molecule has 1 aromatic heterocycles. The quantitative estimate of drug-likeness (QED) is 0.741. The van der Waals surface area contributed by atoms with Crippen LogP contribution >= 0.6 is 0 Å². The number of H-pyrrole nitrogens is 1. The molecule has 0 unspecified atom stereocenters. The number of hydrogen-bond donors (Lipinski definition) is 2. The summed E-state index contributed by atoms with van der Waals surface area (Å²) >= 11 is 0. The van der Waals surface area contributed by atoms with Crippen LogP contribution in [0.3, 0.4) is 0 Å². The van der Waals surface area contributed by atoms with Crippen molar-refractivity contribution in [3.8, 4) is 0 Å². The Morgan fingerprint density at radius 2 is 1.77 bits per heavy atom. The molecule has 2 fully saturated rings. The normalized spacial score (nSPS) is 19.6.